The van der Waals surface area contributed by atoms with Crippen LogP contribution in [0, 0.1) is 5.92 Å². The molecule has 0 spiro atoms. The van der Waals surface area contributed by atoms with Gasteiger partial charge in [-0.3, -0.25) is 4.79 Å². The third-order valence-electron chi connectivity index (χ3n) is 3.24. The van der Waals surface area contributed by atoms with E-state index in [0.29, 0.717) is 6.42 Å². The number of hydrogen-bond acceptors (Lipinski definition) is 4. The molecule has 1 unspecified atom stereocenters. The summed E-state index contributed by atoms with van der Waals surface area (Å²) in [5.74, 6) is -0.112. The van der Waals surface area contributed by atoms with E-state index in [-0.39, 0.29) is 29.4 Å². The molecule has 0 aromatic heterocycles. The highest BCUT2D eigenvalue weighted by Crippen LogP contribution is 2.21. The molecular formula is C9H16N2O3S. The van der Waals surface area contributed by atoms with E-state index in [0.717, 1.165) is 13.1 Å². The van der Waals surface area contributed by atoms with Crippen LogP contribution in [0.2, 0.25) is 0 Å². The molecule has 2 fully saturated rings. The molecule has 0 aromatic carbocycles. The van der Waals surface area contributed by atoms with Crippen molar-refractivity contribution in [2.24, 2.45) is 5.92 Å². The van der Waals surface area contributed by atoms with E-state index < -0.39 is 9.84 Å². The van der Waals surface area contributed by atoms with Crippen molar-refractivity contribution >= 4 is 15.7 Å². The predicted molar refractivity (Wildman–Crippen MR) is 56.2 cm³/mol. The lowest BCUT2D eigenvalue weighted by Crippen LogP contribution is -2.58. The number of sulfone groups is 1. The average molecular weight is 232 g/mol. The Morgan fingerprint density at radius 2 is 2.07 bits per heavy atom. The third-order valence-corrected chi connectivity index (χ3v) is 5.00. The summed E-state index contributed by atoms with van der Waals surface area (Å²) in [6.45, 7) is 1.64. The molecule has 86 valence electrons. The molecular weight excluding hydrogens is 216 g/mol. The van der Waals surface area contributed by atoms with Gasteiger partial charge in [-0.05, 0) is 6.42 Å². The predicted octanol–water partition coefficient (Wildman–Crippen LogP) is -1.15. The fourth-order valence-electron chi connectivity index (χ4n) is 2.00. The highest BCUT2D eigenvalue weighted by atomic mass is 32.2. The second-order valence-corrected chi connectivity index (χ2v) is 6.59. The summed E-state index contributed by atoms with van der Waals surface area (Å²) in [4.78, 5) is 13.6. The van der Waals surface area contributed by atoms with Crippen molar-refractivity contribution in [3.63, 3.8) is 0 Å². The van der Waals surface area contributed by atoms with Gasteiger partial charge in [0.2, 0.25) is 5.91 Å². The van der Waals surface area contributed by atoms with Gasteiger partial charge in [0.05, 0.1) is 23.5 Å². The van der Waals surface area contributed by atoms with Crippen molar-refractivity contribution in [2.45, 2.75) is 12.5 Å². The molecule has 15 heavy (non-hydrogen) atoms. The molecule has 0 saturated carbocycles. The Hall–Kier alpha value is -0.620. The van der Waals surface area contributed by atoms with Gasteiger partial charge >= 0.3 is 0 Å². The summed E-state index contributed by atoms with van der Waals surface area (Å²) in [6.07, 6.45) is 0.492. The molecule has 6 heteroatoms. The highest BCUT2D eigenvalue weighted by molar-refractivity contribution is 7.91. The van der Waals surface area contributed by atoms with Gasteiger partial charge < -0.3 is 10.2 Å². The summed E-state index contributed by atoms with van der Waals surface area (Å²) in [7, 11) is -1.19. The lowest BCUT2D eigenvalue weighted by atomic mass is 10.0. The number of rotatable bonds is 2. The first-order chi connectivity index (χ1) is 6.99. The van der Waals surface area contributed by atoms with Crippen molar-refractivity contribution in [3.05, 3.63) is 0 Å². The summed E-state index contributed by atoms with van der Waals surface area (Å²) in [5.41, 5.74) is 0. The van der Waals surface area contributed by atoms with Gasteiger partial charge in [0.1, 0.15) is 0 Å². The van der Waals surface area contributed by atoms with Gasteiger partial charge in [-0.15, -0.1) is 0 Å². The van der Waals surface area contributed by atoms with Crippen molar-refractivity contribution in [2.75, 3.05) is 31.6 Å². The van der Waals surface area contributed by atoms with Crippen LogP contribution in [0.3, 0.4) is 0 Å². The molecule has 0 aliphatic carbocycles. The molecule has 2 heterocycles. The van der Waals surface area contributed by atoms with Crippen LogP contribution in [0.25, 0.3) is 0 Å². The molecule has 1 amide bonds. The van der Waals surface area contributed by atoms with E-state index in [1.54, 1.807) is 11.9 Å². The van der Waals surface area contributed by atoms with Gasteiger partial charge in [0.15, 0.2) is 9.84 Å². The highest BCUT2D eigenvalue weighted by Gasteiger charge is 2.37. The minimum Gasteiger partial charge on any atom is -0.340 e. The monoisotopic (exact) mass is 232 g/mol. The Morgan fingerprint density at radius 1 is 1.40 bits per heavy atom. The number of hydrogen-bond donors (Lipinski definition) is 1. The van der Waals surface area contributed by atoms with Crippen LogP contribution in [0.15, 0.2) is 0 Å². The fraction of sp³-hybridized carbons (Fsp3) is 0.889. The van der Waals surface area contributed by atoms with Crippen molar-refractivity contribution < 1.29 is 13.2 Å². The van der Waals surface area contributed by atoms with Crippen LogP contribution in [-0.2, 0) is 14.6 Å². The molecule has 0 aromatic rings. The second kappa shape index (κ2) is 3.75. The zero-order chi connectivity index (χ0) is 11.1. The number of amides is 1. The number of carbonyl (C=O) groups is 1. The summed E-state index contributed by atoms with van der Waals surface area (Å²) in [5, 5.41) is 3.09. The first-order valence-corrected chi connectivity index (χ1v) is 6.99. The standard InChI is InChI=1S/C9H16N2O3S/c1-11(8-4-10-5-8)9(12)7-2-3-15(13,14)6-7/h7-8,10H,2-6H2,1H3. The third kappa shape index (κ3) is 2.15. The number of carbonyl (C=O) groups excluding carboxylic acids is 1. The second-order valence-electron chi connectivity index (χ2n) is 4.36. The molecule has 5 nitrogen and oxygen atoms in total. The molecule has 2 rings (SSSR count). The number of nitrogens with zero attached hydrogens (tertiary/aromatic N) is 1. The normalized spacial score (nSPS) is 29.8. The van der Waals surface area contributed by atoms with Gasteiger partial charge in [-0.25, -0.2) is 8.42 Å². The summed E-state index contributed by atoms with van der Waals surface area (Å²) >= 11 is 0. The van der Waals surface area contributed by atoms with E-state index >= 15 is 0 Å². The molecule has 0 bridgehead atoms. The van der Waals surface area contributed by atoms with Crippen LogP contribution >= 0.6 is 0 Å². The summed E-state index contributed by atoms with van der Waals surface area (Å²) < 4.78 is 22.5. The van der Waals surface area contributed by atoms with Crippen molar-refractivity contribution in [1.82, 2.24) is 10.2 Å². The van der Waals surface area contributed by atoms with Gasteiger partial charge in [-0.2, -0.15) is 0 Å². The van der Waals surface area contributed by atoms with E-state index in [1.165, 1.54) is 0 Å². The Labute approximate surface area is 89.7 Å². The van der Waals surface area contributed by atoms with Crippen LogP contribution in [0.1, 0.15) is 6.42 Å². The van der Waals surface area contributed by atoms with Crippen LogP contribution in [0.4, 0.5) is 0 Å². The van der Waals surface area contributed by atoms with Crippen LogP contribution in [0.5, 0.6) is 0 Å². The van der Waals surface area contributed by atoms with Gasteiger partial charge in [-0.1, -0.05) is 0 Å². The SMILES string of the molecule is CN(C(=O)C1CCS(=O)(=O)C1)C1CNC1. The van der Waals surface area contributed by atoms with Crippen LogP contribution in [-0.4, -0.2) is 56.9 Å². The Kier molecular flexibility index (Phi) is 2.72. The quantitative estimate of drug-likeness (QED) is 0.653. The lowest BCUT2D eigenvalue weighted by molar-refractivity contribution is -0.136. The van der Waals surface area contributed by atoms with Crippen LogP contribution < -0.4 is 5.32 Å². The van der Waals surface area contributed by atoms with Gasteiger partial charge in [0.25, 0.3) is 0 Å². The Morgan fingerprint density at radius 3 is 2.47 bits per heavy atom. The maximum Gasteiger partial charge on any atom is 0.226 e. The lowest BCUT2D eigenvalue weighted by Gasteiger charge is -2.36. The van der Waals surface area contributed by atoms with E-state index in [4.69, 9.17) is 0 Å². The molecule has 1 atom stereocenters. The molecule has 2 saturated heterocycles. The number of likely N-dealkylation sites (N-methyl/N-ethyl adjacent to an activating group) is 1. The summed E-state index contributed by atoms with van der Waals surface area (Å²) in [6, 6.07) is 0.251. The average Bonchev–Trinajstić information content (AvgIpc) is 2.41. The zero-order valence-corrected chi connectivity index (χ0v) is 9.59. The van der Waals surface area contributed by atoms with Crippen molar-refractivity contribution in [3.8, 4) is 0 Å². The number of nitrogens with one attached hydrogen (secondary N) is 1. The van der Waals surface area contributed by atoms with E-state index in [1.807, 2.05) is 0 Å². The smallest absolute Gasteiger partial charge is 0.226 e. The molecule has 2 aliphatic heterocycles. The van der Waals surface area contributed by atoms with Gasteiger partial charge in [0, 0.05) is 20.1 Å². The van der Waals surface area contributed by atoms with E-state index in [9.17, 15) is 13.2 Å². The minimum absolute atomic E-state index is 0.0115. The van der Waals surface area contributed by atoms with Crippen molar-refractivity contribution in [1.29, 1.82) is 0 Å². The zero-order valence-electron chi connectivity index (χ0n) is 8.77. The first-order valence-electron chi connectivity index (χ1n) is 5.17. The molecule has 1 N–H and O–H groups in total. The maximum atomic E-state index is 11.9. The molecule has 0 radical (unpaired) electrons. The largest absolute Gasteiger partial charge is 0.340 e. The van der Waals surface area contributed by atoms with E-state index in [2.05, 4.69) is 5.32 Å². The fourth-order valence-corrected chi connectivity index (χ4v) is 3.74. The Balaban J connectivity index is 1.96. The Bertz CT molecular complexity index is 362. The molecule has 2 aliphatic rings. The maximum absolute atomic E-state index is 11.9. The topological polar surface area (TPSA) is 66.5 Å². The minimum atomic E-state index is -2.95. The first kappa shape index (κ1) is 10.9.